The van der Waals surface area contributed by atoms with Crippen molar-refractivity contribution in [1.29, 1.82) is 0 Å². The number of hydrogen-bond donors (Lipinski definition) is 1. The number of imidazole rings is 1. The molecule has 2 rings (SSSR count). The second-order valence-electron chi connectivity index (χ2n) is 5.66. The summed E-state index contributed by atoms with van der Waals surface area (Å²) in [5.41, 5.74) is 9.31. The van der Waals surface area contributed by atoms with Crippen LogP contribution in [0, 0.1) is 5.92 Å². The average molecular weight is 260 g/mol. The molecule has 1 heterocycles. The Morgan fingerprint density at radius 3 is 2.74 bits per heavy atom. The molecule has 0 aliphatic rings. The molecule has 0 amide bonds. The van der Waals surface area contributed by atoms with Crippen molar-refractivity contribution in [2.75, 3.05) is 20.6 Å². The van der Waals surface area contributed by atoms with Gasteiger partial charge in [0.05, 0.1) is 17.4 Å². The summed E-state index contributed by atoms with van der Waals surface area (Å²) >= 11 is 0. The van der Waals surface area contributed by atoms with Gasteiger partial charge in [-0.3, -0.25) is 0 Å². The van der Waals surface area contributed by atoms with Crippen molar-refractivity contribution in [2.45, 2.75) is 19.4 Å². The van der Waals surface area contributed by atoms with E-state index in [1.54, 1.807) is 0 Å². The first-order valence-corrected chi connectivity index (χ1v) is 6.80. The van der Waals surface area contributed by atoms with Crippen LogP contribution in [0.5, 0.6) is 0 Å². The summed E-state index contributed by atoms with van der Waals surface area (Å²) < 4.78 is 2.05. The normalized spacial score (nSPS) is 15.1. The molecule has 4 heteroatoms. The number of nitrogens with zero attached hydrogens (tertiary/aromatic N) is 3. The van der Waals surface area contributed by atoms with Gasteiger partial charge >= 0.3 is 0 Å². The first-order chi connectivity index (χ1) is 9.02. The zero-order valence-corrected chi connectivity index (χ0v) is 12.3. The lowest BCUT2D eigenvalue weighted by atomic mass is 9.95. The summed E-state index contributed by atoms with van der Waals surface area (Å²) in [5, 5.41) is 0. The van der Waals surface area contributed by atoms with Gasteiger partial charge in [0.1, 0.15) is 0 Å². The van der Waals surface area contributed by atoms with Crippen LogP contribution in [0.1, 0.15) is 24.9 Å². The standard InChI is InChI=1S/C15H24N4/c1-11(9-16)7-15(18(2)3)12-5-6-14-13(8-12)17-10-19(14)4/h5-6,8,10-11,15H,7,9,16H2,1-4H3. The summed E-state index contributed by atoms with van der Waals surface area (Å²) in [6.07, 6.45) is 2.93. The third-order valence-electron chi connectivity index (χ3n) is 3.79. The van der Waals surface area contributed by atoms with Crippen LogP contribution >= 0.6 is 0 Å². The van der Waals surface area contributed by atoms with Crippen molar-refractivity contribution < 1.29 is 0 Å². The number of fused-ring (bicyclic) bond motifs is 1. The van der Waals surface area contributed by atoms with E-state index in [0.717, 1.165) is 18.5 Å². The quantitative estimate of drug-likeness (QED) is 0.896. The highest BCUT2D eigenvalue weighted by Crippen LogP contribution is 2.27. The van der Waals surface area contributed by atoms with E-state index in [-0.39, 0.29) is 0 Å². The second kappa shape index (κ2) is 5.72. The van der Waals surface area contributed by atoms with Gasteiger partial charge in [-0.25, -0.2) is 4.98 Å². The molecule has 0 aliphatic heterocycles. The van der Waals surface area contributed by atoms with Crippen molar-refractivity contribution in [3.05, 3.63) is 30.1 Å². The first kappa shape index (κ1) is 14.0. The van der Waals surface area contributed by atoms with Crippen molar-refractivity contribution in [2.24, 2.45) is 18.7 Å². The van der Waals surface area contributed by atoms with Crippen LogP contribution in [0.3, 0.4) is 0 Å². The molecule has 0 radical (unpaired) electrons. The molecule has 4 nitrogen and oxygen atoms in total. The Morgan fingerprint density at radius 1 is 1.37 bits per heavy atom. The summed E-state index contributed by atoms with van der Waals surface area (Å²) in [7, 11) is 6.27. The minimum absolute atomic E-state index is 0.393. The minimum atomic E-state index is 0.393. The lowest BCUT2D eigenvalue weighted by molar-refractivity contribution is 0.255. The van der Waals surface area contributed by atoms with Gasteiger partial charge in [0.2, 0.25) is 0 Å². The number of rotatable bonds is 5. The van der Waals surface area contributed by atoms with E-state index in [4.69, 9.17) is 5.73 Å². The van der Waals surface area contributed by atoms with Gasteiger partial charge in [-0.1, -0.05) is 13.0 Å². The van der Waals surface area contributed by atoms with Crippen LogP contribution < -0.4 is 5.73 Å². The molecule has 19 heavy (non-hydrogen) atoms. The minimum Gasteiger partial charge on any atom is -0.334 e. The number of aromatic nitrogens is 2. The molecule has 0 fully saturated rings. The fourth-order valence-electron chi connectivity index (χ4n) is 2.48. The molecule has 0 aliphatic carbocycles. The van der Waals surface area contributed by atoms with Crippen molar-refractivity contribution >= 4 is 11.0 Å². The Bertz CT molecular complexity index is 544. The number of aryl methyl sites for hydroxylation is 1. The lowest BCUT2D eigenvalue weighted by Gasteiger charge is -2.27. The predicted octanol–water partition coefficient (Wildman–Crippen LogP) is 2.16. The maximum Gasteiger partial charge on any atom is 0.0955 e. The lowest BCUT2D eigenvalue weighted by Crippen LogP contribution is -2.24. The van der Waals surface area contributed by atoms with Crippen LogP contribution in [0.25, 0.3) is 11.0 Å². The van der Waals surface area contributed by atoms with E-state index in [9.17, 15) is 0 Å². The van der Waals surface area contributed by atoms with E-state index < -0.39 is 0 Å². The summed E-state index contributed by atoms with van der Waals surface area (Å²) in [6.45, 7) is 2.94. The predicted molar refractivity (Wildman–Crippen MR) is 80.0 cm³/mol. The van der Waals surface area contributed by atoms with E-state index in [1.807, 2.05) is 17.9 Å². The maximum absolute atomic E-state index is 5.76. The molecule has 2 aromatic rings. The summed E-state index contributed by atoms with van der Waals surface area (Å²) in [5.74, 6) is 0.520. The smallest absolute Gasteiger partial charge is 0.0955 e. The van der Waals surface area contributed by atoms with E-state index in [0.29, 0.717) is 12.0 Å². The monoisotopic (exact) mass is 260 g/mol. The Kier molecular flexibility index (Phi) is 4.22. The highest BCUT2D eigenvalue weighted by Gasteiger charge is 2.17. The molecular formula is C15H24N4. The zero-order chi connectivity index (χ0) is 14.0. The van der Waals surface area contributed by atoms with Crippen LogP contribution in [0.15, 0.2) is 24.5 Å². The summed E-state index contributed by atoms with van der Waals surface area (Å²) in [4.78, 5) is 6.70. The molecule has 0 saturated carbocycles. The second-order valence-corrected chi connectivity index (χ2v) is 5.66. The fraction of sp³-hybridized carbons (Fsp3) is 0.533. The van der Waals surface area contributed by atoms with Gasteiger partial charge < -0.3 is 15.2 Å². The largest absolute Gasteiger partial charge is 0.334 e. The molecular weight excluding hydrogens is 236 g/mol. The van der Waals surface area contributed by atoms with E-state index in [2.05, 4.69) is 49.1 Å². The highest BCUT2D eigenvalue weighted by atomic mass is 15.1. The number of benzene rings is 1. The average Bonchev–Trinajstić information content (AvgIpc) is 2.76. The van der Waals surface area contributed by atoms with E-state index in [1.165, 1.54) is 11.1 Å². The highest BCUT2D eigenvalue weighted by molar-refractivity contribution is 5.76. The van der Waals surface area contributed by atoms with Crippen LogP contribution in [-0.2, 0) is 7.05 Å². The summed E-state index contributed by atoms with van der Waals surface area (Å²) in [6, 6.07) is 6.95. The molecule has 2 atom stereocenters. The zero-order valence-electron chi connectivity index (χ0n) is 12.3. The maximum atomic E-state index is 5.76. The molecule has 1 aromatic carbocycles. The Morgan fingerprint density at radius 2 is 2.11 bits per heavy atom. The fourth-order valence-corrected chi connectivity index (χ4v) is 2.48. The number of hydrogen-bond acceptors (Lipinski definition) is 3. The SMILES string of the molecule is CC(CN)CC(c1ccc2c(c1)ncn2C)N(C)C. The number of nitrogens with two attached hydrogens (primary N) is 1. The Balaban J connectivity index is 2.33. The Labute approximate surface area is 115 Å². The molecule has 0 bridgehead atoms. The third-order valence-corrected chi connectivity index (χ3v) is 3.79. The molecule has 104 valence electrons. The van der Waals surface area contributed by atoms with Gasteiger partial charge in [0.25, 0.3) is 0 Å². The van der Waals surface area contributed by atoms with Crippen molar-refractivity contribution in [3.63, 3.8) is 0 Å². The molecule has 2 unspecified atom stereocenters. The van der Waals surface area contributed by atoms with Crippen LogP contribution in [0.2, 0.25) is 0 Å². The molecule has 0 spiro atoms. The first-order valence-electron chi connectivity index (χ1n) is 6.80. The molecule has 1 aromatic heterocycles. The van der Waals surface area contributed by atoms with Crippen molar-refractivity contribution in [1.82, 2.24) is 14.5 Å². The van der Waals surface area contributed by atoms with Gasteiger partial charge in [-0.15, -0.1) is 0 Å². The molecule has 2 N–H and O–H groups in total. The third kappa shape index (κ3) is 2.96. The van der Waals surface area contributed by atoms with E-state index >= 15 is 0 Å². The topological polar surface area (TPSA) is 47.1 Å². The van der Waals surface area contributed by atoms with Crippen LogP contribution in [-0.4, -0.2) is 35.1 Å². The van der Waals surface area contributed by atoms with Crippen molar-refractivity contribution in [3.8, 4) is 0 Å². The molecule has 0 saturated heterocycles. The van der Waals surface area contributed by atoms with Gasteiger partial charge in [0, 0.05) is 13.1 Å². The Hall–Kier alpha value is -1.39. The van der Waals surface area contributed by atoms with Crippen LogP contribution in [0.4, 0.5) is 0 Å². The van der Waals surface area contributed by atoms with Gasteiger partial charge in [0.15, 0.2) is 0 Å². The van der Waals surface area contributed by atoms with Gasteiger partial charge in [-0.2, -0.15) is 0 Å². The van der Waals surface area contributed by atoms with Gasteiger partial charge in [-0.05, 0) is 50.7 Å².